The Hall–Kier alpha value is -3.31. The molecule has 25 heavy (non-hydrogen) atoms. The summed E-state index contributed by atoms with van der Waals surface area (Å²) in [7, 11) is 0. The van der Waals surface area contributed by atoms with Gasteiger partial charge in [0.05, 0.1) is 11.1 Å². The van der Waals surface area contributed by atoms with E-state index < -0.39 is 11.7 Å². The summed E-state index contributed by atoms with van der Waals surface area (Å²) in [6.45, 7) is 5.29. The summed E-state index contributed by atoms with van der Waals surface area (Å²) in [6.07, 6.45) is -0.606. The minimum atomic E-state index is -0.625. The molecule has 0 bridgehead atoms. The second-order valence-corrected chi connectivity index (χ2v) is 6.48. The fourth-order valence-electron chi connectivity index (χ4n) is 2.41. The van der Waals surface area contributed by atoms with Crippen molar-refractivity contribution < 1.29 is 19.1 Å². The molecule has 7 nitrogen and oxygen atoms in total. The van der Waals surface area contributed by atoms with Gasteiger partial charge in [-0.05, 0) is 45.0 Å². The monoisotopic (exact) mass is 340 g/mol. The molecule has 1 aromatic carbocycles. The molecule has 0 saturated heterocycles. The van der Waals surface area contributed by atoms with Crippen LogP contribution < -0.4 is 15.6 Å². The SMILES string of the molecule is CC(C)(C)OC(=O)Nc1ccc2c(c1)C(=C=O)c1ccc(=O)[nH]c1O2. The lowest BCUT2D eigenvalue weighted by molar-refractivity contribution is 0.0636. The zero-order valence-electron chi connectivity index (χ0n) is 13.9. The maximum atomic E-state index is 11.9. The summed E-state index contributed by atoms with van der Waals surface area (Å²) in [5.74, 6) is 2.44. The van der Waals surface area contributed by atoms with Crippen molar-refractivity contribution in [3.8, 4) is 11.6 Å². The topological polar surface area (TPSA) is 97.5 Å². The van der Waals surface area contributed by atoms with Crippen molar-refractivity contribution in [1.29, 1.82) is 0 Å². The van der Waals surface area contributed by atoms with Gasteiger partial charge in [0, 0.05) is 17.3 Å². The third kappa shape index (κ3) is 3.46. The number of ether oxygens (including phenoxy) is 2. The third-order valence-electron chi connectivity index (χ3n) is 3.36. The first-order chi connectivity index (χ1) is 11.8. The molecule has 0 aliphatic carbocycles. The van der Waals surface area contributed by atoms with Crippen LogP contribution in [0.1, 0.15) is 31.9 Å². The molecule has 2 heterocycles. The largest absolute Gasteiger partial charge is 0.444 e. The van der Waals surface area contributed by atoms with Gasteiger partial charge in [0.15, 0.2) is 0 Å². The lowest BCUT2D eigenvalue weighted by atomic mass is 9.97. The van der Waals surface area contributed by atoms with Gasteiger partial charge in [0.1, 0.15) is 17.3 Å². The predicted octanol–water partition coefficient (Wildman–Crippen LogP) is 3.09. The predicted molar refractivity (Wildman–Crippen MR) is 91.6 cm³/mol. The Balaban J connectivity index is 1.95. The van der Waals surface area contributed by atoms with Gasteiger partial charge in [-0.3, -0.25) is 15.1 Å². The molecule has 2 aromatic rings. The summed E-state index contributed by atoms with van der Waals surface area (Å²) in [4.78, 5) is 37.3. The second-order valence-electron chi connectivity index (χ2n) is 6.48. The first kappa shape index (κ1) is 16.5. The Labute approximate surface area is 143 Å². The van der Waals surface area contributed by atoms with Crippen LogP contribution in [0, 0.1) is 0 Å². The highest BCUT2D eigenvalue weighted by Gasteiger charge is 2.25. The minimum Gasteiger partial charge on any atom is -0.444 e. The molecule has 2 N–H and O–H groups in total. The number of hydrogen-bond acceptors (Lipinski definition) is 5. The van der Waals surface area contributed by atoms with Gasteiger partial charge in [-0.1, -0.05) is 0 Å². The Morgan fingerprint density at radius 3 is 2.64 bits per heavy atom. The van der Waals surface area contributed by atoms with Crippen molar-refractivity contribution in [3.05, 3.63) is 51.8 Å². The number of H-pyrrole nitrogens is 1. The van der Waals surface area contributed by atoms with Crippen molar-refractivity contribution in [2.45, 2.75) is 26.4 Å². The molecule has 0 radical (unpaired) electrons. The summed E-state index contributed by atoms with van der Waals surface area (Å²) in [5, 5.41) is 2.61. The Kier molecular flexibility index (Phi) is 3.94. The van der Waals surface area contributed by atoms with E-state index in [9.17, 15) is 14.4 Å². The van der Waals surface area contributed by atoms with Gasteiger partial charge in [-0.25, -0.2) is 9.59 Å². The molecule has 1 aliphatic rings. The third-order valence-corrected chi connectivity index (χ3v) is 3.36. The Morgan fingerprint density at radius 1 is 1.20 bits per heavy atom. The first-order valence-electron chi connectivity index (χ1n) is 7.58. The molecule has 0 saturated carbocycles. The second kappa shape index (κ2) is 5.96. The van der Waals surface area contributed by atoms with Crippen LogP contribution in [-0.2, 0) is 9.53 Å². The molecule has 0 unspecified atom stereocenters. The number of nitrogens with one attached hydrogen (secondary N) is 2. The Morgan fingerprint density at radius 2 is 1.96 bits per heavy atom. The van der Waals surface area contributed by atoms with Gasteiger partial charge < -0.3 is 9.47 Å². The lowest BCUT2D eigenvalue weighted by Crippen LogP contribution is -2.27. The number of carbonyl (C=O) groups excluding carboxylic acids is 2. The number of fused-ring (bicyclic) bond motifs is 2. The van der Waals surface area contributed by atoms with E-state index >= 15 is 0 Å². The smallest absolute Gasteiger partial charge is 0.412 e. The van der Waals surface area contributed by atoms with Gasteiger partial charge in [0.2, 0.25) is 5.88 Å². The maximum Gasteiger partial charge on any atom is 0.412 e. The van der Waals surface area contributed by atoms with Crippen molar-refractivity contribution >= 4 is 23.3 Å². The molecular weight excluding hydrogens is 324 g/mol. The van der Waals surface area contributed by atoms with Crippen LogP contribution in [0.25, 0.3) is 5.57 Å². The van der Waals surface area contributed by atoms with Crippen LogP contribution in [-0.4, -0.2) is 22.6 Å². The fourth-order valence-corrected chi connectivity index (χ4v) is 2.41. The van der Waals surface area contributed by atoms with Crippen molar-refractivity contribution in [3.63, 3.8) is 0 Å². The number of hydrogen-bond donors (Lipinski definition) is 2. The zero-order valence-corrected chi connectivity index (χ0v) is 13.9. The summed E-state index contributed by atoms with van der Waals surface area (Å²) >= 11 is 0. The molecule has 0 atom stereocenters. The molecule has 128 valence electrons. The average molecular weight is 340 g/mol. The number of rotatable bonds is 1. The molecule has 1 amide bonds. The molecular formula is C18H16N2O5. The van der Waals surface area contributed by atoms with Crippen molar-refractivity contribution in [1.82, 2.24) is 4.98 Å². The summed E-state index contributed by atoms with van der Waals surface area (Å²) < 4.78 is 10.8. The van der Waals surface area contributed by atoms with Crippen LogP contribution in [0.4, 0.5) is 10.5 Å². The van der Waals surface area contributed by atoms with E-state index in [1.165, 1.54) is 12.1 Å². The summed E-state index contributed by atoms with van der Waals surface area (Å²) in [6, 6.07) is 7.58. The van der Waals surface area contributed by atoms with Crippen molar-refractivity contribution in [2.24, 2.45) is 0 Å². The average Bonchev–Trinajstić information content (AvgIpc) is 2.50. The van der Waals surface area contributed by atoms with Crippen LogP contribution >= 0.6 is 0 Å². The standard InChI is InChI=1S/C18H16N2O5/c1-18(2,3)25-17(23)19-10-4-6-14-12(8-10)13(9-21)11-5-7-15(22)20-16(11)24-14/h4-8H,1-3H3,(H,19,23)(H,20,22). The maximum absolute atomic E-state index is 11.9. The summed E-state index contributed by atoms with van der Waals surface area (Å²) in [5.41, 5.74) is 0.605. The number of carbonyl (C=O) groups is 1. The van der Waals surface area contributed by atoms with E-state index in [0.29, 0.717) is 22.6 Å². The number of aromatic amines is 1. The minimum absolute atomic E-state index is 0.186. The zero-order chi connectivity index (χ0) is 18.2. The van der Waals surface area contributed by atoms with E-state index in [1.54, 1.807) is 39.0 Å². The first-order valence-corrected chi connectivity index (χ1v) is 7.58. The van der Waals surface area contributed by atoms with Gasteiger partial charge >= 0.3 is 6.09 Å². The van der Waals surface area contributed by atoms with Gasteiger partial charge in [-0.15, -0.1) is 0 Å². The van der Waals surface area contributed by atoms with Gasteiger partial charge in [-0.2, -0.15) is 0 Å². The normalized spacial score (nSPS) is 12.4. The van der Waals surface area contributed by atoms with Crippen LogP contribution in [0.3, 0.4) is 0 Å². The van der Waals surface area contributed by atoms with E-state index in [0.717, 1.165) is 0 Å². The van der Waals surface area contributed by atoms with Crippen molar-refractivity contribution in [2.75, 3.05) is 5.32 Å². The van der Waals surface area contributed by atoms with E-state index in [2.05, 4.69) is 10.3 Å². The molecule has 1 aromatic heterocycles. The fraction of sp³-hybridized carbons (Fsp3) is 0.222. The quantitative estimate of drug-likeness (QED) is 0.664. The van der Waals surface area contributed by atoms with Gasteiger partial charge in [0.25, 0.3) is 5.56 Å². The van der Waals surface area contributed by atoms with Crippen LogP contribution in [0.15, 0.2) is 35.1 Å². The van der Waals surface area contributed by atoms with E-state index in [1.807, 2.05) is 5.94 Å². The number of amides is 1. The molecule has 7 heteroatoms. The van der Waals surface area contributed by atoms with E-state index in [4.69, 9.17) is 9.47 Å². The highest BCUT2D eigenvalue weighted by Crippen LogP contribution is 2.41. The number of aromatic nitrogens is 1. The number of anilines is 1. The molecule has 0 spiro atoms. The molecule has 3 rings (SSSR count). The molecule has 1 aliphatic heterocycles. The molecule has 0 fully saturated rings. The lowest BCUT2D eigenvalue weighted by Gasteiger charge is -2.22. The number of benzene rings is 1. The highest BCUT2D eigenvalue weighted by molar-refractivity contribution is 6.02. The van der Waals surface area contributed by atoms with Crippen LogP contribution in [0.5, 0.6) is 11.6 Å². The Bertz CT molecular complexity index is 962. The highest BCUT2D eigenvalue weighted by atomic mass is 16.6. The number of pyridine rings is 1. The van der Waals surface area contributed by atoms with E-state index in [-0.39, 0.29) is 17.0 Å². The van der Waals surface area contributed by atoms with Crippen LogP contribution in [0.2, 0.25) is 0 Å².